The fraction of sp³-hybridized carbons (Fsp3) is 0.500. The van der Waals surface area contributed by atoms with Crippen LogP contribution in [0, 0.1) is 0 Å². The van der Waals surface area contributed by atoms with Crippen LogP contribution in [0.15, 0.2) is 12.3 Å². The van der Waals surface area contributed by atoms with E-state index in [0.29, 0.717) is 13.0 Å². The van der Waals surface area contributed by atoms with Crippen molar-refractivity contribution < 1.29 is 18.4 Å². The Kier molecular flexibility index (Phi) is 5.25. The molecule has 0 aliphatic carbocycles. The van der Waals surface area contributed by atoms with Crippen LogP contribution in [0.1, 0.15) is 13.3 Å². The van der Waals surface area contributed by atoms with Gasteiger partial charge >= 0.3 is 8.25 Å². The maximum absolute atomic E-state index is 10.8. The number of primary amides is 1. The molecule has 1 atom stereocenters. The van der Waals surface area contributed by atoms with Crippen molar-refractivity contribution in [1.29, 1.82) is 0 Å². The predicted molar refractivity (Wildman–Crippen MR) is 43.3 cm³/mol. The zero-order valence-corrected chi connectivity index (χ0v) is 7.67. The van der Waals surface area contributed by atoms with E-state index in [1.807, 2.05) is 6.92 Å². The Labute approximate surface area is 71.5 Å². The minimum Gasteiger partial charge on any atom is -0.363 e. The van der Waals surface area contributed by atoms with Gasteiger partial charge in [0.1, 0.15) is 6.61 Å². The Bertz CT molecular complexity index is 204. The molecular formula is C6H11NO4P+. The molecule has 68 valence electrons. The second-order valence-corrected chi connectivity index (χ2v) is 2.82. The lowest BCUT2D eigenvalue weighted by atomic mass is 10.5. The van der Waals surface area contributed by atoms with Gasteiger partial charge in [0.25, 0.3) is 5.91 Å². The summed E-state index contributed by atoms with van der Waals surface area (Å²) in [4.78, 5) is 10.3. The summed E-state index contributed by atoms with van der Waals surface area (Å²) >= 11 is 0. The van der Waals surface area contributed by atoms with Gasteiger partial charge in [-0.15, -0.1) is 4.52 Å². The molecule has 0 spiro atoms. The predicted octanol–water partition coefficient (Wildman–Crippen LogP) is 1.09. The first-order valence-corrected chi connectivity index (χ1v) is 4.44. The average Bonchev–Trinajstić information content (AvgIpc) is 2.00. The number of carbonyl (C=O) groups is 1. The van der Waals surface area contributed by atoms with Gasteiger partial charge in [-0.3, -0.25) is 4.79 Å². The highest BCUT2D eigenvalue weighted by atomic mass is 31.1. The maximum Gasteiger partial charge on any atom is 0.750 e. The summed E-state index contributed by atoms with van der Waals surface area (Å²) in [6.07, 6.45) is 0.716. The molecule has 1 amide bonds. The van der Waals surface area contributed by atoms with E-state index in [2.05, 4.69) is 15.6 Å². The fourth-order valence-corrected chi connectivity index (χ4v) is 0.981. The van der Waals surface area contributed by atoms with Gasteiger partial charge in [-0.1, -0.05) is 6.92 Å². The van der Waals surface area contributed by atoms with Gasteiger partial charge in [-0.25, -0.2) is 4.52 Å². The van der Waals surface area contributed by atoms with Crippen LogP contribution >= 0.6 is 8.25 Å². The molecule has 0 saturated carbocycles. The first kappa shape index (κ1) is 11.1. The largest absolute Gasteiger partial charge is 0.750 e. The zero-order valence-electron chi connectivity index (χ0n) is 6.78. The second-order valence-electron chi connectivity index (χ2n) is 1.94. The van der Waals surface area contributed by atoms with Crippen LogP contribution in [0.3, 0.4) is 0 Å². The van der Waals surface area contributed by atoms with Gasteiger partial charge < -0.3 is 5.73 Å². The van der Waals surface area contributed by atoms with Gasteiger partial charge in [-0.2, -0.15) is 0 Å². The van der Waals surface area contributed by atoms with E-state index < -0.39 is 14.2 Å². The molecule has 0 aromatic heterocycles. The van der Waals surface area contributed by atoms with Crippen molar-refractivity contribution >= 4 is 14.2 Å². The van der Waals surface area contributed by atoms with Crippen LogP contribution in [0.4, 0.5) is 0 Å². The van der Waals surface area contributed by atoms with E-state index in [4.69, 9.17) is 5.73 Å². The first-order valence-electron chi connectivity index (χ1n) is 3.34. The van der Waals surface area contributed by atoms with E-state index in [1.165, 1.54) is 0 Å². The minimum atomic E-state index is -2.31. The van der Waals surface area contributed by atoms with E-state index in [-0.39, 0.29) is 5.76 Å². The van der Waals surface area contributed by atoms with Gasteiger partial charge in [0.15, 0.2) is 0 Å². The smallest absolute Gasteiger partial charge is 0.363 e. The molecule has 0 fully saturated rings. The SMILES string of the molecule is C=C(O[P+](=O)OCCC)C(N)=O. The highest BCUT2D eigenvalue weighted by Crippen LogP contribution is 2.26. The van der Waals surface area contributed by atoms with Crippen LogP contribution in [0.2, 0.25) is 0 Å². The first-order chi connectivity index (χ1) is 5.57. The van der Waals surface area contributed by atoms with Crippen LogP contribution < -0.4 is 5.73 Å². The number of hydrogen-bond acceptors (Lipinski definition) is 4. The topological polar surface area (TPSA) is 78.6 Å². The van der Waals surface area contributed by atoms with Crippen molar-refractivity contribution in [3.63, 3.8) is 0 Å². The molecule has 2 N–H and O–H groups in total. The number of rotatable bonds is 6. The Morgan fingerprint density at radius 1 is 1.67 bits per heavy atom. The summed E-state index contributed by atoms with van der Waals surface area (Å²) in [6, 6.07) is 0. The van der Waals surface area contributed by atoms with Crippen molar-refractivity contribution in [3.8, 4) is 0 Å². The third-order valence-corrected chi connectivity index (χ3v) is 1.62. The Morgan fingerprint density at radius 2 is 2.25 bits per heavy atom. The summed E-state index contributed by atoms with van der Waals surface area (Å²) in [5.74, 6) is -1.20. The number of carbonyl (C=O) groups excluding carboxylic acids is 1. The molecule has 12 heavy (non-hydrogen) atoms. The standard InChI is InChI=1S/C6H10NO4P/c1-3-4-10-12(9)11-5(2)6(7)8/h2-4H2,1H3,(H-,7,8)/p+1. The Morgan fingerprint density at radius 3 is 2.67 bits per heavy atom. The number of nitrogens with two attached hydrogens (primary N) is 1. The molecule has 0 aliphatic heterocycles. The van der Waals surface area contributed by atoms with Gasteiger partial charge in [0.05, 0.1) is 0 Å². The van der Waals surface area contributed by atoms with E-state index in [1.54, 1.807) is 0 Å². The Hall–Kier alpha value is -0.930. The molecule has 6 heteroatoms. The highest BCUT2D eigenvalue weighted by Gasteiger charge is 2.24. The summed E-state index contributed by atoms with van der Waals surface area (Å²) < 4.78 is 19.8. The van der Waals surface area contributed by atoms with Gasteiger partial charge in [0, 0.05) is 4.57 Å². The average molecular weight is 192 g/mol. The van der Waals surface area contributed by atoms with Crippen molar-refractivity contribution in [1.82, 2.24) is 0 Å². The quantitative estimate of drug-likeness (QED) is 0.388. The van der Waals surface area contributed by atoms with Gasteiger partial charge in [-0.05, 0) is 13.0 Å². The molecule has 0 saturated heterocycles. The lowest BCUT2D eigenvalue weighted by Gasteiger charge is -1.90. The fourth-order valence-electron chi connectivity index (χ4n) is 0.327. The summed E-state index contributed by atoms with van der Waals surface area (Å²) in [5.41, 5.74) is 4.77. The zero-order chi connectivity index (χ0) is 9.56. The van der Waals surface area contributed by atoms with Crippen molar-refractivity contribution in [3.05, 3.63) is 12.3 Å². The van der Waals surface area contributed by atoms with E-state index >= 15 is 0 Å². The molecule has 0 heterocycles. The molecule has 1 unspecified atom stereocenters. The third-order valence-electron chi connectivity index (χ3n) is 0.860. The van der Waals surface area contributed by atoms with Crippen molar-refractivity contribution in [2.45, 2.75) is 13.3 Å². The summed E-state index contributed by atoms with van der Waals surface area (Å²) in [6.45, 7) is 5.30. The van der Waals surface area contributed by atoms with Crippen molar-refractivity contribution in [2.24, 2.45) is 5.73 Å². The summed E-state index contributed by atoms with van der Waals surface area (Å²) in [5, 5.41) is 0. The Balaban J connectivity index is 3.69. The maximum atomic E-state index is 10.8. The van der Waals surface area contributed by atoms with Crippen molar-refractivity contribution in [2.75, 3.05) is 6.61 Å². The van der Waals surface area contributed by atoms with E-state index in [0.717, 1.165) is 0 Å². The van der Waals surface area contributed by atoms with Gasteiger partial charge in [0.2, 0.25) is 5.76 Å². The molecule has 0 radical (unpaired) electrons. The molecule has 0 aromatic carbocycles. The molecule has 0 aromatic rings. The van der Waals surface area contributed by atoms with Crippen LogP contribution in [-0.2, 0) is 18.4 Å². The molecule has 5 nitrogen and oxygen atoms in total. The third kappa shape index (κ3) is 4.82. The number of hydrogen-bond donors (Lipinski definition) is 1. The molecule has 0 rings (SSSR count). The summed E-state index contributed by atoms with van der Waals surface area (Å²) in [7, 11) is -2.31. The lowest BCUT2D eigenvalue weighted by Crippen LogP contribution is -2.13. The molecular weight excluding hydrogens is 181 g/mol. The van der Waals surface area contributed by atoms with Crippen LogP contribution in [-0.4, -0.2) is 12.5 Å². The molecule has 0 aliphatic rings. The monoisotopic (exact) mass is 192 g/mol. The minimum absolute atomic E-state index is 0.307. The van der Waals surface area contributed by atoms with Crippen LogP contribution in [0.25, 0.3) is 0 Å². The number of amides is 1. The normalized spacial score (nSPS) is 10.6. The van der Waals surface area contributed by atoms with E-state index in [9.17, 15) is 9.36 Å². The van der Waals surface area contributed by atoms with Crippen LogP contribution in [0.5, 0.6) is 0 Å². The molecule has 0 bridgehead atoms. The highest BCUT2D eigenvalue weighted by molar-refractivity contribution is 7.33. The second kappa shape index (κ2) is 5.69. The lowest BCUT2D eigenvalue weighted by molar-refractivity contribution is -0.116.